The van der Waals surface area contributed by atoms with Crippen molar-refractivity contribution < 1.29 is 9.59 Å². The van der Waals surface area contributed by atoms with Crippen LogP contribution in [0.4, 0.5) is 5.69 Å². The highest BCUT2D eigenvalue weighted by Crippen LogP contribution is 2.47. The molecule has 2 aromatic carbocycles. The van der Waals surface area contributed by atoms with Crippen LogP contribution in [0, 0.1) is 12.3 Å². The minimum atomic E-state index is -0.914. The van der Waals surface area contributed by atoms with Crippen LogP contribution < -0.4 is 10.6 Å². The molecule has 1 saturated carbocycles. The number of rotatable bonds is 6. The minimum absolute atomic E-state index is 0.173. The Bertz CT molecular complexity index is 1000. The zero-order chi connectivity index (χ0) is 18.9. The van der Waals surface area contributed by atoms with Crippen molar-refractivity contribution in [2.75, 3.05) is 11.9 Å². The van der Waals surface area contributed by atoms with E-state index in [4.69, 9.17) is 0 Å². The highest BCUT2D eigenvalue weighted by Gasteiger charge is 2.56. The molecule has 0 atom stereocenters. The fourth-order valence-corrected chi connectivity index (χ4v) is 3.46. The lowest BCUT2D eigenvalue weighted by atomic mass is 10.0. The SMILES string of the molecule is Cc1ccccc1NC(=O)C1(C(=O)NCCc2c[nH]c3ccccc23)CC1. The first-order chi connectivity index (χ1) is 13.1. The topological polar surface area (TPSA) is 74.0 Å². The Morgan fingerprint density at radius 2 is 1.78 bits per heavy atom. The number of hydrogen-bond donors (Lipinski definition) is 3. The quantitative estimate of drug-likeness (QED) is 0.587. The van der Waals surface area contributed by atoms with Crippen LogP contribution in [0.15, 0.2) is 54.7 Å². The van der Waals surface area contributed by atoms with Crippen LogP contribution in [0.3, 0.4) is 0 Å². The number of aromatic nitrogens is 1. The molecule has 3 N–H and O–H groups in total. The summed E-state index contributed by atoms with van der Waals surface area (Å²) in [7, 11) is 0. The fraction of sp³-hybridized carbons (Fsp3) is 0.273. The number of carbonyl (C=O) groups excluding carboxylic acids is 2. The number of anilines is 1. The summed E-state index contributed by atoms with van der Waals surface area (Å²) in [5.41, 5.74) is 3.10. The van der Waals surface area contributed by atoms with Gasteiger partial charge in [-0.25, -0.2) is 0 Å². The van der Waals surface area contributed by atoms with Gasteiger partial charge in [-0.15, -0.1) is 0 Å². The van der Waals surface area contributed by atoms with Crippen molar-refractivity contribution in [3.63, 3.8) is 0 Å². The summed E-state index contributed by atoms with van der Waals surface area (Å²) in [6, 6.07) is 15.7. The number of nitrogens with one attached hydrogen (secondary N) is 3. The largest absolute Gasteiger partial charge is 0.361 e. The monoisotopic (exact) mass is 361 g/mol. The van der Waals surface area contributed by atoms with Gasteiger partial charge in [-0.1, -0.05) is 36.4 Å². The maximum Gasteiger partial charge on any atom is 0.240 e. The van der Waals surface area contributed by atoms with Gasteiger partial charge in [0.2, 0.25) is 11.8 Å². The van der Waals surface area contributed by atoms with Crippen LogP contribution in [-0.2, 0) is 16.0 Å². The van der Waals surface area contributed by atoms with Crippen LogP contribution in [0.2, 0.25) is 0 Å². The molecule has 3 aromatic rings. The van der Waals surface area contributed by atoms with E-state index in [1.54, 1.807) is 0 Å². The molecular weight excluding hydrogens is 338 g/mol. The average Bonchev–Trinajstić information content (AvgIpc) is 3.40. The number of carbonyl (C=O) groups is 2. The molecule has 0 unspecified atom stereocenters. The Hall–Kier alpha value is -3.08. The molecule has 0 aliphatic heterocycles. The highest BCUT2D eigenvalue weighted by atomic mass is 16.2. The molecule has 1 aromatic heterocycles. The summed E-state index contributed by atoms with van der Waals surface area (Å²) in [5.74, 6) is -0.380. The summed E-state index contributed by atoms with van der Waals surface area (Å²) >= 11 is 0. The highest BCUT2D eigenvalue weighted by molar-refractivity contribution is 6.13. The van der Waals surface area contributed by atoms with Crippen molar-refractivity contribution in [2.45, 2.75) is 26.2 Å². The Morgan fingerprint density at radius 3 is 2.56 bits per heavy atom. The number of hydrogen-bond acceptors (Lipinski definition) is 2. The number of fused-ring (bicyclic) bond motifs is 1. The zero-order valence-corrected chi connectivity index (χ0v) is 15.3. The van der Waals surface area contributed by atoms with Gasteiger partial charge >= 0.3 is 0 Å². The lowest BCUT2D eigenvalue weighted by Crippen LogP contribution is -2.40. The third kappa shape index (κ3) is 3.33. The number of benzene rings is 2. The van der Waals surface area contributed by atoms with Crippen LogP contribution in [0.5, 0.6) is 0 Å². The Balaban J connectivity index is 1.36. The summed E-state index contributed by atoms with van der Waals surface area (Å²) in [6.45, 7) is 2.45. The molecule has 0 saturated heterocycles. The molecule has 1 aliphatic carbocycles. The second-order valence-corrected chi connectivity index (χ2v) is 7.22. The first-order valence-corrected chi connectivity index (χ1v) is 9.30. The van der Waals surface area contributed by atoms with Crippen LogP contribution in [-0.4, -0.2) is 23.3 Å². The average molecular weight is 361 g/mol. The maximum atomic E-state index is 12.7. The molecule has 0 radical (unpaired) electrons. The van der Waals surface area contributed by atoms with Crippen molar-refractivity contribution in [1.82, 2.24) is 10.3 Å². The standard InChI is InChI=1S/C22H23N3O2/c1-15-6-2-4-8-18(15)25-21(27)22(11-12-22)20(26)23-13-10-16-14-24-19-9-5-3-7-17(16)19/h2-9,14,24H,10-13H2,1H3,(H,23,26)(H,25,27). The Kier molecular flexibility index (Phi) is 4.44. The predicted molar refractivity (Wildman–Crippen MR) is 106 cm³/mol. The zero-order valence-electron chi connectivity index (χ0n) is 15.3. The van der Waals surface area contributed by atoms with Gasteiger partial charge in [0.25, 0.3) is 0 Å². The molecule has 1 heterocycles. The van der Waals surface area contributed by atoms with Gasteiger partial charge in [0.1, 0.15) is 5.41 Å². The summed E-state index contributed by atoms with van der Waals surface area (Å²) in [6.07, 6.45) is 3.91. The molecule has 5 heteroatoms. The van der Waals surface area contributed by atoms with Crippen LogP contribution in [0.25, 0.3) is 10.9 Å². The van der Waals surface area contributed by atoms with E-state index in [-0.39, 0.29) is 11.8 Å². The van der Waals surface area contributed by atoms with E-state index < -0.39 is 5.41 Å². The molecule has 4 rings (SSSR count). The molecule has 0 spiro atoms. The second kappa shape index (κ2) is 6.91. The van der Waals surface area contributed by atoms with Gasteiger partial charge in [0, 0.05) is 29.3 Å². The molecule has 27 heavy (non-hydrogen) atoms. The van der Waals surface area contributed by atoms with Crippen molar-refractivity contribution in [3.05, 3.63) is 65.9 Å². The van der Waals surface area contributed by atoms with Gasteiger partial charge in [-0.05, 0) is 49.4 Å². The maximum absolute atomic E-state index is 12.7. The molecule has 138 valence electrons. The first kappa shape index (κ1) is 17.3. The molecule has 1 fully saturated rings. The first-order valence-electron chi connectivity index (χ1n) is 9.30. The number of aryl methyl sites for hydroxylation is 1. The number of amides is 2. The van der Waals surface area contributed by atoms with E-state index in [0.717, 1.165) is 23.2 Å². The van der Waals surface area contributed by atoms with Crippen molar-refractivity contribution in [3.8, 4) is 0 Å². The van der Waals surface area contributed by atoms with E-state index in [1.165, 1.54) is 10.9 Å². The van der Waals surface area contributed by atoms with Crippen molar-refractivity contribution in [1.29, 1.82) is 0 Å². The fourth-order valence-electron chi connectivity index (χ4n) is 3.46. The van der Waals surface area contributed by atoms with Gasteiger partial charge in [0.15, 0.2) is 0 Å². The molecule has 2 amide bonds. The number of para-hydroxylation sites is 2. The Labute approximate surface area is 158 Å². The normalized spacial score (nSPS) is 14.7. The van der Waals surface area contributed by atoms with Crippen molar-refractivity contribution in [2.24, 2.45) is 5.41 Å². The van der Waals surface area contributed by atoms with Gasteiger partial charge in [-0.2, -0.15) is 0 Å². The third-order valence-corrected chi connectivity index (χ3v) is 5.37. The van der Waals surface area contributed by atoms with E-state index in [9.17, 15) is 9.59 Å². The van der Waals surface area contributed by atoms with E-state index in [0.29, 0.717) is 19.4 Å². The lowest BCUT2D eigenvalue weighted by molar-refractivity contribution is -0.134. The van der Waals surface area contributed by atoms with Crippen LogP contribution in [0.1, 0.15) is 24.0 Å². The van der Waals surface area contributed by atoms with E-state index >= 15 is 0 Å². The molecule has 1 aliphatic rings. The van der Waals surface area contributed by atoms with Gasteiger partial charge in [0.05, 0.1) is 0 Å². The number of H-pyrrole nitrogens is 1. The smallest absolute Gasteiger partial charge is 0.240 e. The van der Waals surface area contributed by atoms with E-state index in [1.807, 2.05) is 55.6 Å². The second-order valence-electron chi connectivity index (χ2n) is 7.22. The predicted octanol–water partition coefficient (Wildman–Crippen LogP) is 3.55. The van der Waals surface area contributed by atoms with Gasteiger partial charge < -0.3 is 15.6 Å². The Morgan fingerprint density at radius 1 is 1.04 bits per heavy atom. The van der Waals surface area contributed by atoms with Crippen LogP contribution >= 0.6 is 0 Å². The summed E-state index contributed by atoms with van der Waals surface area (Å²) < 4.78 is 0. The molecule has 5 nitrogen and oxygen atoms in total. The number of aromatic amines is 1. The van der Waals surface area contributed by atoms with Gasteiger partial charge in [-0.3, -0.25) is 9.59 Å². The van der Waals surface area contributed by atoms with Crippen molar-refractivity contribution >= 4 is 28.4 Å². The minimum Gasteiger partial charge on any atom is -0.361 e. The lowest BCUT2D eigenvalue weighted by Gasteiger charge is -2.16. The summed E-state index contributed by atoms with van der Waals surface area (Å²) in [4.78, 5) is 28.6. The molecular formula is C22H23N3O2. The van der Waals surface area contributed by atoms with E-state index in [2.05, 4.69) is 21.7 Å². The molecule has 0 bridgehead atoms. The summed E-state index contributed by atoms with van der Waals surface area (Å²) in [5, 5.41) is 7.04. The third-order valence-electron chi connectivity index (χ3n) is 5.37.